The predicted octanol–water partition coefficient (Wildman–Crippen LogP) is 2.84. The SMILES string of the molecule is CN(CCNC(=O)[C@H](N)Cc1ccc(O)cc1)C(=O)Oc1ccc2c3c1O[C@H]1C(=O)CC[C@H]4[C@H](CCC[C@]314)C2. The molecule has 0 saturated heterocycles. The van der Waals surface area contributed by atoms with Crippen LogP contribution in [0.5, 0.6) is 17.2 Å². The molecule has 2 bridgehead atoms. The fourth-order valence-electron chi connectivity index (χ4n) is 7.46. The molecule has 0 radical (unpaired) electrons. The molecule has 1 aliphatic heterocycles. The van der Waals surface area contributed by atoms with Crippen LogP contribution >= 0.6 is 0 Å². The molecule has 2 fully saturated rings. The zero-order valence-electron chi connectivity index (χ0n) is 22.2. The fraction of sp³-hybridized carbons (Fsp3) is 0.500. The van der Waals surface area contributed by atoms with Crippen molar-refractivity contribution in [1.29, 1.82) is 0 Å². The van der Waals surface area contributed by atoms with Crippen molar-refractivity contribution in [3.05, 3.63) is 53.1 Å². The lowest BCUT2D eigenvalue weighted by Gasteiger charge is -2.54. The van der Waals surface area contributed by atoms with Crippen LogP contribution in [0.2, 0.25) is 0 Å². The summed E-state index contributed by atoms with van der Waals surface area (Å²) in [6.45, 7) is 0.441. The van der Waals surface area contributed by atoms with Crippen molar-refractivity contribution in [3.8, 4) is 17.2 Å². The molecule has 4 aliphatic rings. The van der Waals surface area contributed by atoms with Gasteiger partial charge >= 0.3 is 6.09 Å². The van der Waals surface area contributed by atoms with Crippen LogP contribution in [-0.4, -0.2) is 60.1 Å². The second-order valence-corrected chi connectivity index (χ2v) is 11.5. The minimum atomic E-state index is -0.752. The lowest BCUT2D eigenvalue weighted by molar-refractivity contribution is -0.136. The number of phenolic OH excluding ortho intramolecular Hbond substituents is 1. The molecule has 3 aliphatic carbocycles. The Hall–Kier alpha value is -3.59. The number of carbonyl (C=O) groups excluding carboxylic acids is 3. The predicted molar refractivity (Wildman–Crippen MR) is 143 cm³/mol. The number of amides is 2. The van der Waals surface area contributed by atoms with E-state index in [4.69, 9.17) is 15.2 Å². The molecule has 2 amide bonds. The minimum absolute atomic E-state index is 0.153. The van der Waals surface area contributed by atoms with E-state index in [2.05, 4.69) is 5.32 Å². The molecule has 6 rings (SSSR count). The first kappa shape index (κ1) is 25.7. The van der Waals surface area contributed by atoms with E-state index in [1.54, 1.807) is 37.4 Å². The number of phenols is 1. The Labute approximate surface area is 227 Å². The molecule has 5 atom stereocenters. The first-order valence-electron chi connectivity index (χ1n) is 13.9. The summed E-state index contributed by atoms with van der Waals surface area (Å²) in [6.07, 6.45) is 4.97. The normalized spacial score (nSPS) is 26.7. The summed E-state index contributed by atoms with van der Waals surface area (Å²) >= 11 is 0. The van der Waals surface area contributed by atoms with Crippen molar-refractivity contribution in [1.82, 2.24) is 10.2 Å². The zero-order valence-corrected chi connectivity index (χ0v) is 22.2. The number of likely N-dealkylation sites (N-methyl/N-ethyl adjacent to an activating group) is 1. The third-order valence-electron chi connectivity index (χ3n) is 9.23. The molecule has 0 unspecified atom stereocenters. The lowest BCUT2D eigenvalue weighted by atomic mass is 9.48. The van der Waals surface area contributed by atoms with E-state index < -0.39 is 18.2 Å². The standard InChI is InChI=1S/C30H35N3O6/c1-33(14-13-32-28(36)22(31)15-17-4-7-20(34)8-5-17)29(37)38-24-11-6-19-16-18-3-2-12-30-21(18)9-10-23(35)27(30)39-26(24)25(19)30/h4-8,11,18,21-22,27,34H,2-3,9-10,12-16,31H2,1H3,(H,32,36)/t18-,21+,22-,27+,30+/m1/s1. The number of nitrogens with two attached hydrogens (primary N) is 1. The van der Waals surface area contributed by atoms with Gasteiger partial charge in [0, 0.05) is 37.5 Å². The van der Waals surface area contributed by atoms with Crippen molar-refractivity contribution in [2.75, 3.05) is 20.1 Å². The number of rotatable bonds is 7. The Balaban J connectivity index is 1.09. The third kappa shape index (κ3) is 4.33. The Bertz CT molecular complexity index is 1310. The summed E-state index contributed by atoms with van der Waals surface area (Å²) in [7, 11) is 1.60. The summed E-state index contributed by atoms with van der Waals surface area (Å²) in [6, 6.07) is 9.62. The van der Waals surface area contributed by atoms with Crippen molar-refractivity contribution in [3.63, 3.8) is 0 Å². The highest BCUT2D eigenvalue weighted by Gasteiger charge is 2.64. The second-order valence-electron chi connectivity index (χ2n) is 11.5. The van der Waals surface area contributed by atoms with Crippen molar-refractivity contribution < 1.29 is 29.0 Å². The van der Waals surface area contributed by atoms with Gasteiger partial charge in [0.05, 0.1) is 6.04 Å². The van der Waals surface area contributed by atoms with E-state index in [-0.39, 0.29) is 35.9 Å². The molecule has 39 heavy (non-hydrogen) atoms. The average molecular weight is 534 g/mol. The van der Waals surface area contributed by atoms with Gasteiger partial charge in [-0.25, -0.2) is 4.79 Å². The molecule has 9 heteroatoms. The van der Waals surface area contributed by atoms with Gasteiger partial charge < -0.3 is 30.5 Å². The second kappa shape index (κ2) is 9.86. The van der Waals surface area contributed by atoms with Gasteiger partial charge in [0.2, 0.25) is 5.91 Å². The maximum Gasteiger partial charge on any atom is 0.415 e. The van der Waals surface area contributed by atoms with Gasteiger partial charge in [-0.3, -0.25) is 9.59 Å². The number of hydrogen-bond acceptors (Lipinski definition) is 7. The van der Waals surface area contributed by atoms with Gasteiger partial charge in [0.25, 0.3) is 0 Å². The summed E-state index contributed by atoms with van der Waals surface area (Å²) in [5.41, 5.74) is 8.91. The van der Waals surface area contributed by atoms with Crippen LogP contribution in [0.15, 0.2) is 36.4 Å². The topological polar surface area (TPSA) is 131 Å². The van der Waals surface area contributed by atoms with Gasteiger partial charge in [-0.05, 0) is 73.3 Å². The van der Waals surface area contributed by atoms with Gasteiger partial charge in [-0.15, -0.1) is 0 Å². The van der Waals surface area contributed by atoms with Crippen LogP contribution in [0.3, 0.4) is 0 Å². The summed E-state index contributed by atoms with van der Waals surface area (Å²) in [4.78, 5) is 39.8. The van der Waals surface area contributed by atoms with Crippen LogP contribution in [0.4, 0.5) is 4.79 Å². The maximum atomic E-state index is 13.0. The van der Waals surface area contributed by atoms with Crippen molar-refractivity contribution in [2.45, 2.75) is 62.5 Å². The van der Waals surface area contributed by atoms with Crippen molar-refractivity contribution >= 4 is 17.8 Å². The fourth-order valence-corrected chi connectivity index (χ4v) is 7.46. The Morgan fingerprint density at radius 2 is 2.03 bits per heavy atom. The molecule has 4 N–H and O–H groups in total. The smallest absolute Gasteiger partial charge is 0.415 e. The zero-order chi connectivity index (χ0) is 27.3. The molecule has 2 aromatic carbocycles. The number of ether oxygens (including phenoxy) is 2. The van der Waals surface area contributed by atoms with Crippen LogP contribution in [-0.2, 0) is 27.8 Å². The van der Waals surface area contributed by atoms with Gasteiger partial charge in [0.15, 0.2) is 23.4 Å². The minimum Gasteiger partial charge on any atom is -0.508 e. The molecule has 9 nitrogen and oxygen atoms in total. The number of carbonyl (C=O) groups is 3. The average Bonchev–Trinajstić information content (AvgIpc) is 3.27. The number of aromatic hydroxyl groups is 1. The summed E-state index contributed by atoms with van der Waals surface area (Å²) in [5.74, 6) is 1.93. The summed E-state index contributed by atoms with van der Waals surface area (Å²) < 4.78 is 12.2. The molecule has 0 aromatic heterocycles. The van der Waals surface area contributed by atoms with Crippen LogP contribution in [0.25, 0.3) is 0 Å². The molecular formula is C30H35N3O6. The first-order valence-corrected chi connectivity index (χ1v) is 13.9. The van der Waals surface area contributed by atoms with Gasteiger partial charge in [0.1, 0.15) is 5.75 Å². The monoisotopic (exact) mass is 533 g/mol. The maximum absolute atomic E-state index is 13.0. The van der Waals surface area contributed by atoms with Gasteiger partial charge in [-0.2, -0.15) is 0 Å². The van der Waals surface area contributed by atoms with Crippen LogP contribution in [0.1, 0.15) is 48.8 Å². The number of nitrogens with zero attached hydrogens (tertiary/aromatic N) is 1. The number of ketones is 1. The van der Waals surface area contributed by atoms with E-state index in [9.17, 15) is 19.5 Å². The van der Waals surface area contributed by atoms with Crippen LogP contribution < -0.4 is 20.5 Å². The lowest BCUT2D eigenvalue weighted by Crippen LogP contribution is -2.58. The van der Waals surface area contributed by atoms with E-state index in [1.807, 2.05) is 6.07 Å². The number of nitrogens with one attached hydrogen (secondary N) is 1. The Morgan fingerprint density at radius 3 is 2.82 bits per heavy atom. The first-order chi connectivity index (χ1) is 18.8. The highest BCUT2D eigenvalue weighted by atomic mass is 16.6. The Morgan fingerprint density at radius 1 is 1.23 bits per heavy atom. The van der Waals surface area contributed by atoms with Crippen LogP contribution in [0, 0.1) is 11.8 Å². The Kier molecular flexibility index (Phi) is 6.49. The largest absolute Gasteiger partial charge is 0.508 e. The number of Topliss-reactive ketones (excluding diaryl/α,β-unsaturated/α-hetero) is 1. The quantitative estimate of drug-likeness (QED) is 0.499. The van der Waals surface area contributed by atoms with E-state index in [0.717, 1.165) is 36.8 Å². The highest BCUT2D eigenvalue weighted by Crippen LogP contribution is 2.65. The molecule has 1 spiro atoms. The molecule has 2 aromatic rings. The molecule has 206 valence electrons. The number of benzene rings is 2. The highest BCUT2D eigenvalue weighted by molar-refractivity contribution is 5.89. The van der Waals surface area contributed by atoms with Crippen molar-refractivity contribution in [2.24, 2.45) is 17.6 Å². The molecule has 1 heterocycles. The molecular weight excluding hydrogens is 498 g/mol. The summed E-state index contributed by atoms with van der Waals surface area (Å²) in [5, 5.41) is 12.2. The number of hydrogen-bond donors (Lipinski definition) is 3. The van der Waals surface area contributed by atoms with E-state index in [0.29, 0.717) is 36.2 Å². The molecule has 2 saturated carbocycles. The van der Waals surface area contributed by atoms with Gasteiger partial charge in [-0.1, -0.05) is 24.6 Å². The third-order valence-corrected chi connectivity index (χ3v) is 9.23. The van der Waals surface area contributed by atoms with E-state index >= 15 is 0 Å². The van der Waals surface area contributed by atoms with E-state index in [1.165, 1.54) is 16.9 Å².